The van der Waals surface area contributed by atoms with Crippen LogP contribution < -0.4 is 5.73 Å². The van der Waals surface area contributed by atoms with Crippen molar-refractivity contribution in [2.24, 2.45) is 5.73 Å². The molecule has 25 heavy (non-hydrogen) atoms. The largest absolute Gasteiger partial charge is 0.465 e. The van der Waals surface area contributed by atoms with Crippen LogP contribution in [0.1, 0.15) is 16.7 Å². The van der Waals surface area contributed by atoms with E-state index < -0.39 is 6.09 Å². The summed E-state index contributed by atoms with van der Waals surface area (Å²) >= 11 is 0. The number of H-pyrrole nitrogens is 1. The zero-order chi connectivity index (χ0) is 17.8. The number of benzene rings is 2. The van der Waals surface area contributed by atoms with Gasteiger partial charge < -0.3 is 20.7 Å². The molecule has 128 valence electrons. The summed E-state index contributed by atoms with van der Waals surface area (Å²) in [7, 11) is 0. The maximum absolute atomic E-state index is 11.5. The number of fused-ring (bicyclic) bond motifs is 1. The van der Waals surface area contributed by atoms with E-state index in [1.54, 1.807) is 6.07 Å². The monoisotopic (exact) mass is 336 g/mol. The van der Waals surface area contributed by atoms with Crippen LogP contribution in [0.4, 0.5) is 4.79 Å². The van der Waals surface area contributed by atoms with Gasteiger partial charge in [-0.2, -0.15) is 0 Å². The summed E-state index contributed by atoms with van der Waals surface area (Å²) in [6.45, 7) is 0.749. The van der Waals surface area contributed by atoms with E-state index in [1.807, 2.05) is 48.7 Å². The lowest BCUT2D eigenvalue weighted by molar-refractivity contribution is 0.143. The van der Waals surface area contributed by atoms with E-state index in [4.69, 9.17) is 11.1 Å². The SMILES string of the molecule is N=C(N)c1ccc2[nH]cc(CCN(Cc3ccccc3)C(=O)O)c2c1. The highest BCUT2D eigenvalue weighted by molar-refractivity contribution is 5.99. The van der Waals surface area contributed by atoms with Crippen molar-refractivity contribution in [2.45, 2.75) is 13.0 Å². The normalized spacial score (nSPS) is 10.7. The molecule has 0 atom stereocenters. The summed E-state index contributed by atoms with van der Waals surface area (Å²) in [5, 5.41) is 18.0. The van der Waals surface area contributed by atoms with Gasteiger partial charge in [-0.1, -0.05) is 30.3 Å². The van der Waals surface area contributed by atoms with E-state index in [-0.39, 0.29) is 5.84 Å². The van der Waals surface area contributed by atoms with Crippen molar-refractivity contribution in [3.63, 3.8) is 0 Å². The van der Waals surface area contributed by atoms with Gasteiger partial charge in [0.1, 0.15) is 5.84 Å². The Morgan fingerprint density at radius 2 is 1.96 bits per heavy atom. The summed E-state index contributed by atoms with van der Waals surface area (Å²) in [5.41, 5.74) is 9.14. The number of aromatic amines is 1. The van der Waals surface area contributed by atoms with Crippen molar-refractivity contribution in [3.05, 3.63) is 71.4 Å². The summed E-state index contributed by atoms with van der Waals surface area (Å²) < 4.78 is 0. The van der Waals surface area contributed by atoms with Gasteiger partial charge in [0.2, 0.25) is 0 Å². The van der Waals surface area contributed by atoms with Gasteiger partial charge in [-0.15, -0.1) is 0 Å². The van der Waals surface area contributed by atoms with Crippen LogP contribution in [-0.2, 0) is 13.0 Å². The smallest absolute Gasteiger partial charge is 0.407 e. The Labute approximate surface area is 145 Å². The number of rotatable bonds is 6. The first-order valence-corrected chi connectivity index (χ1v) is 8.01. The Kier molecular flexibility index (Phi) is 4.70. The van der Waals surface area contributed by atoms with Crippen molar-refractivity contribution in [3.8, 4) is 0 Å². The maximum Gasteiger partial charge on any atom is 0.407 e. The highest BCUT2D eigenvalue weighted by Gasteiger charge is 2.14. The number of carbonyl (C=O) groups is 1. The molecule has 0 bridgehead atoms. The first kappa shape index (κ1) is 16.6. The van der Waals surface area contributed by atoms with Crippen molar-refractivity contribution in [2.75, 3.05) is 6.54 Å². The van der Waals surface area contributed by atoms with Crippen LogP contribution in [0.5, 0.6) is 0 Å². The lowest BCUT2D eigenvalue weighted by Crippen LogP contribution is -2.30. The molecule has 3 rings (SSSR count). The lowest BCUT2D eigenvalue weighted by atomic mass is 10.1. The highest BCUT2D eigenvalue weighted by atomic mass is 16.4. The van der Waals surface area contributed by atoms with E-state index in [1.165, 1.54) is 4.90 Å². The molecule has 0 saturated carbocycles. The average Bonchev–Trinajstić information content (AvgIpc) is 3.01. The van der Waals surface area contributed by atoms with Crippen LogP contribution in [0, 0.1) is 5.41 Å². The van der Waals surface area contributed by atoms with Gasteiger partial charge in [-0.25, -0.2) is 4.79 Å². The number of nitrogen functional groups attached to an aromatic ring is 1. The first-order chi connectivity index (χ1) is 12.0. The molecule has 2 aromatic carbocycles. The number of nitrogens with one attached hydrogen (secondary N) is 2. The van der Waals surface area contributed by atoms with E-state index in [0.29, 0.717) is 25.1 Å². The molecule has 6 nitrogen and oxygen atoms in total. The molecule has 0 aliphatic heterocycles. The van der Waals surface area contributed by atoms with Crippen LogP contribution in [0.3, 0.4) is 0 Å². The minimum absolute atomic E-state index is 0.0188. The van der Waals surface area contributed by atoms with Gasteiger partial charge in [-0.3, -0.25) is 5.41 Å². The second-order valence-electron chi connectivity index (χ2n) is 5.93. The molecule has 0 aliphatic rings. The predicted molar refractivity (Wildman–Crippen MR) is 97.9 cm³/mol. The van der Waals surface area contributed by atoms with Crippen molar-refractivity contribution >= 4 is 22.8 Å². The summed E-state index contributed by atoms with van der Waals surface area (Å²) in [5.74, 6) is 0.0188. The Morgan fingerprint density at radius 1 is 1.20 bits per heavy atom. The number of aromatic nitrogens is 1. The minimum atomic E-state index is -0.937. The van der Waals surface area contributed by atoms with Crippen LogP contribution in [0.15, 0.2) is 54.7 Å². The fraction of sp³-hybridized carbons (Fsp3) is 0.158. The maximum atomic E-state index is 11.5. The first-order valence-electron chi connectivity index (χ1n) is 8.01. The van der Waals surface area contributed by atoms with Crippen LogP contribution in [0.2, 0.25) is 0 Å². The van der Waals surface area contributed by atoms with Gasteiger partial charge in [0.25, 0.3) is 0 Å². The Hall–Kier alpha value is -3.28. The van der Waals surface area contributed by atoms with E-state index in [9.17, 15) is 9.90 Å². The number of nitrogens with two attached hydrogens (primary N) is 1. The second-order valence-corrected chi connectivity index (χ2v) is 5.93. The molecule has 5 N–H and O–H groups in total. The molecule has 0 aliphatic carbocycles. The minimum Gasteiger partial charge on any atom is -0.465 e. The lowest BCUT2D eigenvalue weighted by Gasteiger charge is -2.19. The molecular weight excluding hydrogens is 316 g/mol. The standard InChI is InChI=1S/C19H20N4O2/c20-18(21)14-6-7-17-16(10-14)15(11-22-17)8-9-23(19(24)25)12-13-4-2-1-3-5-13/h1-7,10-11,22H,8-9,12H2,(H3,20,21)(H,24,25). The predicted octanol–water partition coefficient (Wildman–Crippen LogP) is 3.17. The van der Waals surface area contributed by atoms with Crippen molar-refractivity contribution in [1.29, 1.82) is 5.41 Å². The molecule has 0 saturated heterocycles. The Balaban J connectivity index is 1.76. The quantitative estimate of drug-likeness (QED) is 0.410. The summed E-state index contributed by atoms with van der Waals surface area (Å²) in [6, 6.07) is 15.1. The number of amidine groups is 1. The number of carboxylic acid groups (broad SMARTS) is 1. The molecule has 1 aromatic heterocycles. The molecule has 0 spiro atoms. The van der Waals surface area contributed by atoms with E-state index in [2.05, 4.69) is 4.98 Å². The molecule has 0 unspecified atom stereocenters. The summed E-state index contributed by atoms with van der Waals surface area (Å²) in [6.07, 6.45) is 1.53. The third kappa shape index (κ3) is 3.80. The van der Waals surface area contributed by atoms with Crippen LogP contribution in [-0.4, -0.2) is 33.5 Å². The topological polar surface area (TPSA) is 106 Å². The summed E-state index contributed by atoms with van der Waals surface area (Å²) in [4.78, 5) is 16.1. The molecule has 3 aromatic rings. The van der Waals surface area contributed by atoms with E-state index in [0.717, 1.165) is 22.0 Å². The number of hydrogen-bond acceptors (Lipinski definition) is 2. The van der Waals surface area contributed by atoms with Gasteiger partial charge in [-0.05, 0) is 35.7 Å². The fourth-order valence-corrected chi connectivity index (χ4v) is 2.85. The molecule has 1 heterocycles. The van der Waals surface area contributed by atoms with Gasteiger partial charge in [0.15, 0.2) is 0 Å². The van der Waals surface area contributed by atoms with Gasteiger partial charge >= 0.3 is 6.09 Å². The zero-order valence-electron chi connectivity index (χ0n) is 13.7. The van der Waals surface area contributed by atoms with Crippen molar-refractivity contribution < 1.29 is 9.90 Å². The van der Waals surface area contributed by atoms with Gasteiger partial charge in [0.05, 0.1) is 0 Å². The second kappa shape index (κ2) is 7.09. The molecule has 0 fully saturated rings. The van der Waals surface area contributed by atoms with Crippen LogP contribution in [0.25, 0.3) is 10.9 Å². The zero-order valence-corrected chi connectivity index (χ0v) is 13.7. The fourth-order valence-electron chi connectivity index (χ4n) is 2.85. The molecule has 1 amide bonds. The highest BCUT2D eigenvalue weighted by Crippen LogP contribution is 2.21. The average molecular weight is 336 g/mol. The van der Waals surface area contributed by atoms with E-state index >= 15 is 0 Å². The Morgan fingerprint density at radius 3 is 2.64 bits per heavy atom. The molecular formula is C19H20N4O2. The third-order valence-corrected chi connectivity index (χ3v) is 4.22. The third-order valence-electron chi connectivity index (χ3n) is 4.22. The van der Waals surface area contributed by atoms with Crippen molar-refractivity contribution in [1.82, 2.24) is 9.88 Å². The number of nitrogens with zero attached hydrogens (tertiary/aromatic N) is 1. The molecule has 6 heteroatoms. The molecule has 0 radical (unpaired) electrons. The van der Waals surface area contributed by atoms with Gasteiger partial charge in [0, 0.05) is 35.8 Å². The Bertz CT molecular complexity index is 902. The number of hydrogen-bond donors (Lipinski definition) is 4. The number of amides is 1. The van der Waals surface area contributed by atoms with Crippen LogP contribution >= 0.6 is 0 Å².